The second kappa shape index (κ2) is 12.1. The van der Waals surface area contributed by atoms with E-state index in [1.807, 2.05) is 37.3 Å². The molecule has 7 heteroatoms. The minimum absolute atomic E-state index is 0. The van der Waals surface area contributed by atoms with Crippen LogP contribution < -0.4 is 15.4 Å². The molecule has 1 aromatic heterocycles. The lowest BCUT2D eigenvalue weighted by atomic mass is 10.2. The quantitative estimate of drug-likeness (QED) is 0.329. The fourth-order valence-electron chi connectivity index (χ4n) is 2.16. The van der Waals surface area contributed by atoms with Crippen LogP contribution in [0.5, 0.6) is 5.75 Å². The molecule has 0 radical (unpaired) electrons. The van der Waals surface area contributed by atoms with Crippen LogP contribution in [0.2, 0.25) is 0 Å². The number of ether oxygens (including phenoxy) is 1. The van der Waals surface area contributed by atoms with Gasteiger partial charge in [-0.3, -0.25) is 0 Å². The van der Waals surface area contributed by atoms with E-state index in [1.54, 1.807) is 11.3 Å². The summed E-state index contributed by atoms with van der Waals surface area (Å²) in [7, 11) is 0. The smallest absolute Gasteiger partial charge is 0.191 e. The number of rotatable bonds is 8. The van der Waals surface area contributed by atoms with Crippen LogP contribution in [0.4, 0.5) is 0 Å². The van der Waals surface area contributed by atoms with Crippen LogP contribution in [0, 0.1) is 0 Å². The minimum atomic E-state index is 0. The number of hydrogen-bond donors (Lipinski definition) is 2. The molecule has 1 unspecified atom stereocenters. The molecule has 1 aromatic carbocycles. The van der Waals surface area contributed by atoms with Crippen LogP contribution in [-0.4, -0.2) is 30.1 Å². The van der Waals surface area contributed by atoms with Crippen LogP contribution in [0.1, 0.15) is 44.3 Å². The second-order valence-electron chi connectivity index (χ2n) is 6.14. The number of para-hydroxylation sites is 1. The van der Waals surface area contributed by atoms with E-state index in [0.717, 1.165) is 29.0 Å². The van der Waals surface area contributed by atoms with Gasteiger partial charge in [0.1, 0.15) is 16.9 Å². The van der Waals surface area contributed by atoms with Gasteiger partial charge in [0, 0.05) is 11.9 Å². The van der Waals surface area contributed by atoms with Gasteiger partial charge in [0.05, 0.1) is 18.8 Å². The number of halogens is 1. The normalized spacial score (nSPS) is 12.4. The Bertz CT molecular complexity index is 661. The molecule has 2 aromatic rings. The Balaban J connectivity index is 0.00000338. The van der Waals surface area contributed by atoms with Gasteiger partial charge in [-0.05, 0) is 31.9 Å². The highest BCUT2D eigenvalue weighted by molar-refractivity contribution is 14.0. The SMILES string of the molecule is CCNC(=NCc1nc(C(C)C)cs1)NCC(C)Oc1ccccc1.I. The number of thiazole rings is 1. The van der Waals surface area contributed by atoms with Crippen LogP contribution in [0.15, 0.2) is 40.7 Å². The number of nitrogens with zero attached hydrogens (tertiary/aromatic N) is 2. The van der Waals surface area contributed by atoms with Gasteiger partial charge in [-0.15, -0.1) is 35.3 Å². The molecule has 0 bridgehead atoms. The molecule has 1 heterocycles. The Morgan fingerprint density at radius 3 is 2.54 bits per heavy atom. The standard InChI is InChI=1S/C19H28N4OS.HI/c1-5-20-19(22-12-18-23-17(13-25-18)14(2)3)21-11-15(4)24-16-9-7-6-8-10-16;/h6-10,13-15H,5,11-12H2,1-4H3,(H2,20,21,22);1H. The molecular formula is C19H29IN4OS. The third-order valence-corrected chi connectivity index (χ3v) is 4.37. The minimum Gasteiger partial charge on any atom is -0.489 e. The van der Waals surface area contributed by atoms with Crippen molar-refractivity contribution in [2.24, 2.45) is 4.99 Å². The second-order valence-corrected chi connectivity index (χ2v) is 7.08. The van der Waals surface area contributed by atoms with Crippen molar-refractivity contribution in [2.45, 2.75) is 46.3 Å². The third kappa shape index (κ3) is 7.90. The summed E-state index contributed by atoms with van der Waals surface area (Å²) in [5.41, 5.74) is 1.14. The lowest BCUT2D eigenvalue weighted by molar-refractivity contribution is 0.224. The molecule has 0 saturated carbocycles. The van der Waals surface area contributed by atoms with Crippen LogP contribution >= 0.6 is 35.3 Å². The first-order valence-electron chi connectivity index (χ1n) is 8.76. The lowest BCUT2D eigenvalue weighted by Gasteiger charge is -2.17. The zero-order valence-electron chi connectivity index (χ0n) is 15.9. The van der Waals surface area contributed by atoms with Crippen LogP contribution in [0.3, 0.4) is 0 Å². The summed E-state index contributed by atoms with van der Waals surface area (Å²) in [6, 6.07) is 9.85. The fraction of sp³-hybridized carbons (Fsp3) is 0.474. The molecule has 2 N–H and O–H groups in total. The van der Waals surface area contributed by atoms with E-state index in [1.165, 1.54) is 0 Å². The highest BCUT2D eigenvalue weighted by atomic mass is 127. The maximum absolute atomic E-state index is 5.88. The summed E-state index contributed by atoms with van der Waals surface area (Å²) in [4.78, 5) is 9.25. The molecule has 0 amide bonds. The topological polar surface area (TPSA) is 58.5 Å². The first-order valence-corrected chi connectivity index (χ1v) is 9.64. The predicted molar refractivity (Wildman–Crippen MR) is 121 cm³/mol. The molecule has 0 saturated heterocycles. The van der Waals surface area contributed by atoms with Gasteiger partial charge in [0.2, 0.25) is 0 Å². The fourth-order valence-corrected chi connectivity index (χ4v) is 3.04. The highest BCUT2D eigenvalue weighted by Gasteiger charge is 2.07. The van der Waals surface area contributed by atoms with E-state index in [-0.39, 0.29) is 30.1 Å². The van der Waals surface area contributed by atoms with Crippen molar-refractivity contribution >= 4 is 41.3 Å². The molecule has 144 valence electrons. The number of nitrogens with one attached hydrogen (secondary N) is 2. The van der Waals surface area contributed by atoms with E-state index in [9.17, 15) is 0 Å². The maximum atomic E-state index is 5.88. The summed E-state index contributed by atoms with van der Waals surface area (Å²) in [6.45, 7) is 10.5. The van der Waals surface area contributed by atoms with Crippen molar-refractivity contribution in [1.29, 1.82) is 0 Å². The summed E-state index contributed by atoms with van der Waals surface area (Å²) in [5, 5.41) is 9.75. The molecule has 0 spiro atoms. The Morgan fingerprint density at radius 1 is 1.19 bits per heavy atom. The van der Waals surface area contributed by atoms with E-state index < -0.39 is 0 Å². The summed E-state index contributed by atoms with van der Waals surface area (Å²) in [5.74, 6) is 2.12. The first-order chi connectivity index (χ1) is 12.1. The zero-order valence-corrected chi connectivity index (χ0v) is 19.0. The number of aliphatic imine (C=N–C) groups is 1. The Morgan fingerprint density at radius 2 is 1.92 bits per heavy atom. The first kappa shape index (κ1) is 22.7. The van der Waals surface area contributed by atoms with Gasteiger partial charge in [-0.1, -0.05) is 32.0 Å². The molecule has 1 atom stereocenters. The van der Waals surface area contributed by atoms with Gasteiger partial charge in [-0.2, -0.15) is 0 Å². The Kier molecular flexibility index (Phi) is 10.6. The molecular weight excluding hydrogens is 459 g/mol. The summed E-state index contributed by atoms with van der Waals surface area (Å²) < 4.78 is 5.88. The van der Waals surface area contributed by atoms with Gasteiger partial charge in [0.25, 0.3) is 0 Å². The molecule has 0 aliphatic rings. The highest BCUT2D eigenvalue weighted by Crippen LogP contribution is 2.18. The van der Waals surface area contributed by atoms with Gasteiger partial charge in [-0.25, -0.2) is 9.98 Å². The van der Waals surface area contributed by atoms with Gasteiger partial charge < -0.3 is 15.4 Å². The monoisotopic (exact) mass is 488 g/mol. The predicted octanol–water partition coefficient (Wildman–Crippen LogP) is 4.41. The molecule has 0 fully saturated rings. The zero-order chi connectivity index (χ0) is 18.1. The van der Waals surface area contributed by atoms with E-state index in [4.69, 9.17) is 4.74 Å². The van der Waals surface area contributed by atoms with Gasteiger partial charge in [0.15, 0.2) is 5.96 Å². The summed E-state index contributed by atoms with van der Waals surface area (Å²) >= 11 is 1.67. The number of guanidine groups is 1. The average molecular weight is 488 g/mol. The van der Waals surface area contributed by atoms with E-state index in [0.29, 0.717) is 19.0 Å². The average Bonchev–Trinajstić information content (AvgIpc) is 3.07. The van der Waals surface area contributed by atoms with Crippen molar-refractivity contribution in [1.82, 2.24) is 15.6 Å². The van der Waals surface area contributed by atoms with Crippen molar-refractivity contribution < 1.29 is 4.74 Å². The molecule has 0 aliphatic carbocycles. The molecule has 26 heavy (non-hydrogen) atoms. The Labute approximate surface area is 177 Å². The van der Waals surface area contributed by atoms with Crippen molar-refractivity contribution in [2.75, 3.05) is 13.1 Å². The van der Waals surface area contributed by atoms with E-state index in [2.05, 4.69) is 46.8 Å². The summed E-state index contributed by atoms with van der Waals surface area (Å²) in [6.07, 6.45) is 0.0404. The maximum Gasteiger partial charge on any atom is 0.191 e. The number of aromatic nitrogens is 1. The molecule has 0 aliphatic heterocycles. The van der Waals surface area contributed by atoms with Crippen molar-refractivity contribution in [3.05, 3.63) is 46.4 Å². The van der Waals surface area contributed by atoms with Crippen LogP contribution in [-0.2, 0) is 6.54 Å². The molecule has 2 rings (SSSR count). The van der Waals surface area contributed by atoms with Gasteiger partial charge >= 0.3 is 0 Å². The lowest BCUT2D eigenvalue weighted by Crippen LogP contribution is -2.41. The largest absolute Gasteiger partial charge is 0.489 e. The third-order valence-electron chi connectivity index (χ3n) is 3.52. The van der Waals surface area contributed by atoms with Crippen molar-refractivity contribution in [3.8, 4) is 5.75 Å². The number of benzene rings is 1. The Hall–Kier alpha value is -1.35. The number of hydrogen-bond acceptors (Lipinski definition) is 4. The van der Waals surface area contributed by atoms with E-state index >= 15 is 0 Å². The molecule has 5 nitrogen and oxygen atoms in total. The van der Waals surface area contributed by atoms with Crippen molar-refractivity contribution in [3.63, 3.8) is 0 Å². The van der Waals surface area contributed by atoms with Crippen LogP contribution in [0.25, 0.3) is 0 Å².